The summed E-state index contributed by atoms with van der Waals surface area (Å²) in [6.45, 7) is 4.23. The summed E-state index contributed by atoms with van der Waals surface area (Å²) in [7, 11) is 1.47. The van der Waals surface area contributed by atoms with Gasteiger partial charge in [-0.25, -0.2) is 0 Å². The van der Waals surface area contributed by atoms with Crippen LogP contribution in [0.25, 0.3) is 0 Å². The number of hydrogen-bond acceptors (Lipinski definition) is 3. The van der Waals surface area contributed by atoms with Crippen molar-refractivity contribution >= 4 is 5.91 Å². The van der Waals surface area contributed by atoms with Gasteiger partial charge in [0.1, 0.15) is 0 Å². The van der Waals surface area contributed by atoms with Crippen LogP contribution in [0, 0.1) is 5.41 Å². The van der Waals surface area contributed by atoms with Crippen LogP contribution in [0.3, 0.4) is 0 Å². The summed E-state index contributed by atoms with van der Waals surface area (Å²) in [5.41, 5.74) is 0.649. The maximum atomic E-state index is 11.9. The van der Waals surface area contributed by atoms with Gasteiger partial charge in [0.15, 0.2) is 11.5 Å². The minimum Gasteiger partial charge on any atom is -0.504 e. The second-order valence-electron chi connectivity index (χ2n) is 5.11. The zero-order valence-corrected chi connectivity index (χ0v) is 10.3. The van der Waals surface area contributed by atoms with Gasteiger partial charge in [-0.15, -0.1) is 0 Å². The lowest BCUT2D eigenvalue weighted by molar-refractivity contribution is 0.0946. The van der Waals surface area contributed by atoms with Gasteiger partial charge in [0.25, 0.3) is 5.91 Å². The molecule has 92 valence electrons. The first kappa shape index (κ1) is 11.8. The number of nitrogens with one attached hydrogen (secondary N) is 1. The highest BCUT2D eigenvalue weighted by Gasteiger charge is 2.46. The quantitative estimate of drug-likeness (QED) is 0.841. The first-order valence-corrected chi connectivity index (χ1v) is 5.62. The van der Waals surface area contributed by atoms with Gasteiger partial charge >= 0.3 is 0 Å². The number of rotatable bonds is 3. The van der Waals surface area contributed by atoms with E-state index in [2.05, 4.69) is 19.2 Å². The van der Waals surface area contributed by atoms with Crippen LogP contribution in [0.1, 0.15) is 30.6 Å². The van der Waals surface area contributed by atoms with E-state index in [0.29, 0.717) is 11.3 Å². The molecular formula is C13H17NO3. The minimum atomic E-state index is -0.154. The van der Waals surface area contributed by atoms with E-state index >= 15 is 0 Å². The maximum Gasteiger partial charge on any atom is 0.251 e. The maximum absolute atomic E-state index is 11.9. The summed E-state index contributed by atoms with van der Waals surface area (Å²) in [4.78, 5) is 11.9. The number of carbonyl (C=O) groups is 1. The fourth-order valence-electron chi connectivity index (χ4n) is 1.79. The van der Waals surface area contributed by atoms with E-state index < -0.39 is 0 Å². The van der Waals surface area contributed by atoms with Crippen molar-refractivity contribution in [3.8, 4) is 11.5 Å². The lowest BCUT2D eigenvalue weighted by Crippen LogP contribution is -2.28. The van der Waals surface area contributed by atoms with Crippen molar-refractivity contribution in [1.29, 1.82) is 0 Å². The predicted octanol–water partition coefficient (Wildman–Crippen LogP) is 1.93. The average Bonchev–Trinajstić information content (AvgIpc) is 2.85. The molecule has 0 aromatic heterocycles. The second kappa shape index (κ2) is 3.95. The second-order valence-corrected chi connectivity index (χ2v) is 5.11. The molecule has 1 aromatic rings. The number of phenolic OH excluding ortho intramolecular Hbond substituents is 1. The van der Waals surface area contributed by atoms with Crippen LogP contribution in [0.2, 0.25) is 0 Å². The Hall–Kier alpha value is -1.71. The van der Waals surface area contributed by atoms with E-state index in [4.69, 9.17) is 4.74 Å². The van der Waals surface area contributed by atoms with Gasteiger partial charge in [-0.05, 0) is 30.0 Å². The first-order chi connectivity index (χ1) is 7.94. The van der Waals surface area contributed by atoms with Gasteiger partial charge in [-0.1, -0.05) is 13.8 Å². The molecule has 0 aliphatic heterocycles. The molecule has 2 rings (SSSR count). The van der Waals surface area contributed by atoms with Crippen molar-refractivity contribution in [1.82, 2.24) is 5.32 Å². The van der Waals surface area contributed by atoms with Crippen LogP contribution >= 0.6 is 0 Å². The fourth-order valence-corrected chi connectivity index (χ4v) is 1.79. The molecule has 1 aliphatic carbocycles. The molecule has 1 aromatic carbocycles. The summed E-state index contributed by atoms with van der Waals surface area (Å²) in [5.74, 6) is 0.196. The smallest absolute Gasteiger partial charge is 0.251 e. The lowest BCUT2D eigenvalue weighted by Gasteiger charge is -2.08. The molecule has 1 aliphatic rings. The zero-order valence-electron chi connectivity index (χ0n) is 10.3. The number of carbonyl (C=O) groups excluding carboxylic acids is 1. The molecule has 1 fully saturated rings. The lowest BCUT2D eigenvalue weighted by atomic mass is 10.1. The molecular weight excluding hydrogens is 218 g/mol. The number of ether oxygens (including phenoxy) is 1. The number of methoxy groups -OCH3 is 1. The molecule has 0 heterocycles. The molecule has 1 atom stereocenters. The normalized spacial score (nSPS) is 20.8. The molecule has 1 amide bonds. The average molecular weight is 235 g/mol. The molecule has 0 spiro atoms. The third-order valence-electron chi connectivity index (χ3n) is 3.26. The van der Waals surface area contributed by atoms with Crippen molar-refractivity contribution in [2.45, 2.75) is 26.3 Å². The third kappa shape index (κ3) is 2.35. The van der Waals surface area contributed by atoms with E-state index in [0.717, 1.165) is 6.42 Å². The highest BCUT2D eigenvalue weighted by Crippen LogP contribution is 2.44. The van der Waals surface area contributed by atoms with Crippen LogP contribution in [-0.4, -0.2) is 24.2 Å². The SMILES string of the molecule is COc1ccc(C(=O)NC2CC2(C)C)cc1O. The topological polar surface area (TPSA) is 58.6 Å². The van der Waals surface area contributed by atoms with Crippen molar-refractivity contribution in [3.05, 3.63) is 23.8 Å². The fraction of sp³-hybridized carbons (Fsp3) is 0.462. The van der Waals surface area contributed by atoms with Crippen LogP contribution in [-0.2, 0) is 0 Å². The Bertz CT molecular complexity index is 454. The van der Waals surface area contributed by atoms with Crippen LogP contribution in [0.5, 0.6) is 11.5 Å². The Morgan fingerprint density at radius 2 is 2.18 bits per heavy atom. The summed E-state index contributed by atoms with van der Waals surface area (Å²) >= 11 is 0. The summed E-state index contributed by atoms with van der Waals surface area (Å²) in [6.07, 6.45) is 1.00. The van der Waals surface area contributed by atoms with Crippen molar-refractivity contribution in [3.63, 3.8) is 0 Å². The van der Waals surface area contributed by atoms with Gasteiger partial charge in [0.05, 0.1) is 7.11 Å². The first-order valence-electron chi connectivity index (χ1n) is 5.62. The molecule has 0 saturated heterocycles. The minimum absolute atomic E-state index is 0.0183. The summed E-state index contributed by atoms with van der Waals surface area (Å²) in [6, 6.07) is 4.88. The third-order valence-corrected chi connectivity index (χ3v) is 3.26. The Labute approximate surface area is 101 Å². The molecule has 4 heteroatoms. The van der Waals surface area contributed by atoms with Gasteiger partial charge in [-0.3, -0.25) is 4.79 Å². The van der Waals surface area contributed by atoms with E-state index in [1.807, 2.05) is 0 Å². The number of hydrogen-bond donors (Lipinski definition) is 2. The van der Waals surface area contributed by atoms with Gasteiger partial charge in [0.2, 0.25) is 0 Å². The molecule has 1 saturated carbocycles. The Balaban J connectivity index is 2.07. The van der Waals surface area contributed by atoms with Crippen molar-refractivity contribution in [2.24, 2.45) is 5.41 Å². The van der Waals surface area contributed by atoms with E-state index in [9.17, 15) is 9.90 Å². The highest BCUT2D eigenvalue weighted by molar-refractivity contribution is 5.95. The summed E-state index contributed by atoms with van der Waals surface area (Å²) in [5, 5.41) is 12.5. The van der Waals surface area contributed by atoms with Gasteiger partial charge < -0.3 is 15.2 Å². The highest BCUT2D eigenvalue weighted by atomic mass is 16.5. The Morgan fingerprint density at radius 1 is 1.53 bits per heavy atom. The van der Waals surface area contributed by atoms with Crippen molar-refractivity contribution < 1.29 is 14.6 Å². The molecule has 0 bridgehead atoms. The van der Waals surface area contributed by atoms with Crippen LogP contribution in [0.15, 0.2) is 18.2 Å². The Kier molecular flexibility index (Phi) is 2.73. The Morgan fingerprint density at radius 3 is 2.65 bits per heavy atom. The zero-order chi connectivity index (χ0) is 12.6. The number of phenols is 1. The summed E-state index contributed by atoms with van der Waals surface area (Å²) < 4.78 is 4.92. The van der Waals surface area contributed by atoms with E-state index in [1.54, 1.807) is 12.1 Å². The monoisotopic (exact) mass is 235 g/mol. The molecule has 4 nitrogen and oxygen atoms in total. The van der Waals surface area contributed by atoms with Crippen LogP contribution < -0.4 is 10.1 Å². The molecule has 0 radical (unpaired) electrons. The largest absolute Gasteiger partial charge is 0.504 e. The van der Waals surface area contributed by atoms with Crippen molar-refractivity contribution in [2.75, 3.05) is 7.11 Å². The number of benzene rings is 1. The van der Waals surface area contributed by atoms with E-state index in [-0.39, 0.29) is 23.1 Å². The van der Waals surface area contributed by atoms with Gasteiger partial charge in [-0.2, -0.15) is 0 Å². The van der Waals surface area contributed by atoms with E-state index in [1.165, 1.54) is 13.2 Å². The van der Waals surface area contributed by atoms with Gasteiger partial charge in [0, 0.05) is 11.6 Å². The standard InChI is InChI=1S/C13H17NO3/c1-13(2)7-11(13)14-12(16)8-4-5-10(17-3)9(15)6-8/h4-6,11,15H,7H2,1-3H3,(H,14,16). The molecule has 1 unspecified atom stereocenters. The number of aromatic hydroxyl groups is 1. The predicted molar refractivity (Wildman–Crippen MR) is 64.3 cm³/mol. The van der Waals surface area contributed by atoms with Crippen LogP contribution in [0.4, 0.5) is 0 Å². The molecule has 2 N–H and O–H groups in total. The molecule has 17 heavy (non-hydrogen) atoms. The number of amides is 1.